The number of hydrogen-bond acceptors (Lipinski definition) is 1. The first-order valence-electron chi connectivity index (χ1n) is 14.8. The first kappa shape index (κ1) is 27.4. The molecule has 0 saturated heterocycles. The Kier molecular flexibility index (Phi) is 9.46. The number of Topliss-reactive ketones (excluding diaryl/α,β-unsaturated/α-hetero) is 1. The van der Waals surface area contributed by atoms with Crippen molar-refractivity contribution in [2.24, 2.45) is 11.8 Å². The Bertz CT molecular complexity index is 1150. The number of unbranched alkanes of at least 4 members (excludes halogenated alkanes) is 1. The van der Waals surface area contributed by atoms with Gasteiger partial charge in [-0.2, -0.15) is 0 Å². The molecule has 2 nitrogen and oxygen atoms in total. The molecular weight excluding hydrogens is 450 g/mol. The molecular formula is C35H47NO. The molecule has 0 radical (unpaired) electrons. The number of nitrogens with one attached hydrogen (secondary N) is 1. The van der Waals surface area contributed by atoms with Gasteiger partial charge in [-0.05, 0) is 91.0 Å². The van der Waals surface area contributed by atoms with Gasteiger partial charge in [-0.15, -0.1) is 0 Å². The van der Waals surface area contributed by atoms with Crippen molar-refractivity contribution in [1.82, 2.24) is 4.98 Å². The molecule has 4 rings (SSSR count). The molecule has 1 aliphatic carbocycles. The van der Waals surface area contributed by atoms with Crippen LogP contribution < -0.4 is 0 Å². The summed E-state index contributed by atoms with van der Waals surface area (Å²) in [6, 6.07) is 17.6. The summed E-state index contributed by atoms with van der Waals surface area (Å²) in [4.78, 5) is 17.0. The normalized spacial score (nSPS) is 21.5. The summed E-state index contributed by atoms with van der Waals surface area (Å²) < 4.78 is 0. The summed E-state index contributed by atoms with van der Waals surface area (Å²) in [6.45, 7) is 10.7. The van der Waals surface area contributed by atoms with Crippen LogP contribution in [0.15, 0.2) is 61.3 Å². The maximum Gasteiger partial charge on any atom is 0.135 e. The number of carbonyl (C=O) groups excluding carboxylic acids is 1. The van der Waals surface area contributed by atoms with E-state index in [0.717, 1.165) is 18.4 Å². The van der Waals surface area contributed by atoms with Crippen molar-refractivity contribution in [1.29, 1.82) is 0 Å². The average Bonchev–Trinajstić information content (AvgIpc) is 3.36. The SMILES string of the molecule is C=Cc1ccc2[nH]cc(C(CCCC)CCC(=O)C(C)C3CCC(CCC)(c4ccccc4)CC3)c2c1. The Morgan fingerprint density at radius 2 is 1.84 bits per heavy atom. The number of carbonyl (C=O) groups is 1. The molecule has 1 aromatic heterocycles. The summed E-state index contributed by atoms with van der Waals surface area (Å²) in [5.74, 6) is 1.59. The van der Waals surface area contributed by atoms with Gasteiger partial charge in [0.2, 0.25) is 0 Å². The van der Waals surface area contributed by atoms with Crippen LogP contribution in [0.3, 0.4) is 0 Å². The predicted molar refractivity (Wildman–Crippen MR) is 159 cm³/mol. The van der Waals surface area contributed by atoms with Gasteiger partial charge in [-0.1, -0.05) is 89.1 Å². The number of H-pyrrole nitrogens is 1. The molecule has 2 heteroatoms. The predicted octanol–water partition coefficient (Wildman–Crippen LogP) is 10.00. The Balaban J connectivity index is 1.40. The lowest BCUT2D eigenvalue weighted by Gasteiger charge is -2.42. The van der Waals surface area contributed by atoms with Crippen LogP contribution in [0.5, 0.6) is 0 Å². The van der Waals surface area contributed by atoms with Gasteiger partial charge in [-0.25, -0.2) is 0 Å². The number of aromatic amines is 1. The molecule has 1 heterocycles. The van der Waals surface area contributed by atoms with Crippen molar-refractivity contribution < 1.29 is 4.79 Å². The van der Waals surface area contributed by atoms with Crippen LogP contribution in [-0.4, -0.2) is 10.8 Å². The van der Waals surface area contributed by atoms with E-state index < -0.39 is 0 Å². The molecule has 37 heavy (non-hydrogen) atoms. The highest BCUT2D eigenvalue weighted by Crippen LogP contribution is 2.47. The van der Waals surface area contributed by atoms with Crippen LogP contribution >= 0.6 is 0 Å². The maximum absolute atomic E-state index is 13.5. The minimum Gasteiger partial charge on any atom is -0.361 e. The zero-order chi connectivity index (χ0) is 26.3. The number of hydrogen-bond donors (Lipinski definition) is 1. The second kappa shape index (κ2) is 12.8. The molecule has 0 bridgehead atoms. The molecule has 2 atom stereocenters. The van der Waals surface area contributed by atoms with Crippen LogP contribution in [0.4, 0.5) is 0 Å². The molecule has 198 valence electrons. The number of ketones is 1. The molecule has 0 aliphatic heterocycles. The third kappa shape index (κ3) is 6.28. The number of fused-ring (bicyclic) bond motifs is 1. The quantitative estimate of drug-likeness (QED) is 0.250. The zero-order valence-electron chi connectivity index (χ0n) is 23.4. The smallest absolute Gasteiger partial charge is 0.135 e. The van der Waals surface area contributed by atoms with Crippen molar-refractivity contribution in [2.45, 2.75) is 103 Å². The molecule has 3 aromatic rings. The average molecular weight is 498 g/mol. The van der Waals surface area contributed by atoms with Crippen LogP contribution in [0.2, 0.25) is 0 Å². The lowest BCUT2D eigenvalue weighted by Crippen LogP contribution is -2.35. The van der Waals surface area contributed by atoms with Gasteiger partial charge < -0.3 is 4.98 Å². The monoisotopic (exact) mass is 497 g/mol. The summed E-state index contributed by atoms with van der Waals surface area (Å²) in [7, 11) is 0. The topological polar surface area (TPSA) is 32.9 Å². The Morgan fingerprint density at radius 3 is 2.51 bits per heavy atom. The molecule has 1 fully saturated rings. The van der Waals surface area contributed by atoms with E-state index in [1.807, 2.05) is 6.08 Å². The van der Waals surface area contributed by atoms with Crippen LogP contribution in [-0.2, 0) is 10.2 Å². The molecule has 1 aliphatic rings. The lowest BCUT2D eigenvalue weighted by molar-refractivity contribution is -0.124. The lowest BCUT2D eigenvalue weighted by atomic mass is 9.62. The zero-order valence-corrected chi connectivity index (χ0v) is 23.4. The van der Waals surface area contributed by atoms with Gasteiger partial charge in [0.25, 0.3) is 0 Å². The Morgan fingerprint density at radius 1 is 1.08 bits per heavy atom. The fraction of sp³-hybridized carbons (Fsp3) is 0.514. The van der Waals surface area contributed by atoms with Crippen LogP contribution in [0.25, 0.3) is 17.0 Å². The fourth-order valence-electron chi connectivity index (χ4n) is 6.98. The van der Waals surface area contributed by atoms with Gasteiger partial charge >= 0.3 is 0 Å². The van der Waals surface area contributed by atoms with E-state index in [1.54, 1.807) is 0 Å². The van der Waals surface area contributed by atoms with Crippen molar-refractivity contribution in [3.63, 3.8) is 0 Å². The van der Waals surface area contributed by atoms with Gasteiger partial charge in [0, 0.05) is 29.4 Å². The largest absolute Gasteiger partial charge is 0.361 e. The van der Waals surface area contributed by atoms with E-state index in [9.17, 15) is 4.79 Å². The van der Waals surface area contributed by atoms with E-state index in [-0.39, 0.29) is 5.92 Å². The van der Waals surface area contributed by atoms with Gasteiger partial charge in [0.05, 0.1) is 0 Å². The summed E-state index contributed by atoms with van der Waals surface area (Å²) in [5.41, 5.74) is 5.52. The molecule has 0 spiro atoms. The van der Waals surface area contributed by atoms with E-state index in [0.29, 0.717) is 29.5 Å². The highest BCUT2D eigenvalue weighted by molar-refractivity contribution is 5.86. The summed E-state index contributed by atoms with van der Waals surface area (Å²) in [5, 5.41) is 1.29. The maximum atomic E-state index is 13.5. The summed E-state index contributed by atoms with van der Waals surface area (Å²) in [6.07, 6.45) is 16.5. The summed E-state index contributed by atoms with van der Waals surface area (Å²) >= 11 is 0. The molecule has 2 aromatic carbocycles. The van der Waals surface area contributed by atoms with Gasteiger partial charge in [0.1, 0.15) is 5.78 Å². The second-order valence-corrected chi connectivity index (χ2v) is 11.6. The van der Waals surface area contributed by atoms with Gasteiger partial charge in [0.15, 0.2) is 0 Å². The molecule has 0 amide bonds. The Hall–Kier alpha value is -2.61. The van der Waals surface area contributed by atoms with Crippen molar-refractivity contribution in [3.05, 3.63) is 78.0 Å². The van der Waals surface area contributed by atoms with Crippen LogP contribution in [0.1, 0.15) is 114 Å². The first-order chi connectivity index (χ1) is 18.0. The minimum atomic E-state index is 0.164. The van der Waals surface area contributed by atoms with E-state index >= 15 is 0 Å². The van der Waals surface area contributed by atoms with Crippen molar-refractivity contribution in [2.75, 3.05) is 0 Å². The third-order valence-corrected chi connectivity index (χ3v) is 9.38. The van der Waals surface area contributed by atoms with E-state index in [1.165, 1.54) is 73.4 Å². The highest BCUT2D eigenvalue weighted by Gasteiger charge is 2.38. The molecule has 1 N–H and O–H groups in total. The number of rotatable bonds is 13. The van der Waals surface area contributed by atoms with Crippen molar-refractivity contribution in [3.8, 4) is 0 Å². The third-order valence-electron chi connectivity index (χ3n) is 9.38. The first-order valence-corrected chi connectivity index (χ1v) is 14.8. The van der Waals surface area contributed by atoms with Crippen molar-refractivity contribution >= 4 is 22.8 Å². The van der Waals surface area contributed by atoms with E-state index in [2.05, 4.69) is 87.1 Å². The standard InChI is InChI=1S/C35H47NO/c1-5-8-12-29(32-25-36-33-17-15-27(7-3)24-31(32)33)16-18-34(37)26(4)28-19-22-35(21-6-2,23-20-28)30-13-10-9-11-14-30/h7,9-11,13-15,17,24-26,28-29,36H,3,5-6,8,12,16,18-23H2,1-2,4H3. The highest BCUT2D eigenvalue weighted by atomic mass is 16.1. The second-order valence-electron chi connectivity index (χ2n) is 11.6. The number of aromatic nitrogens is 1. The van der Waals surface area contributed by atoms with Crippen LogP contribution in [0, 0.1) is 11.8 Å². The minimum absolute atomic E-state index is 0.164. The number of benzene rings is 2. The van der Waals surface area contributed by atoms with Gasteiger partial charge in [-0.3, -0.25) is 4.79 Å². The van der Waals surface area contributed by atoms with E-state index in [4.69, 9.17) is 0 Å². The molecule has 2 unspecified atom stereocenters. The molecule has 1 saturated carbocycles. The fourth-order valence-corrected chi connectivity index (χ4v) is 6.98. The Labute approximate surface area is 225 Å².